The molecule has 2 rings (SSSR count). The Labute approximate surface area is 124 Å². The van der Waals surface area contributed by atoms with Crippen LogP contribution in [-0.2, 0) is 0 Å². The van der Waals surface area contributed by atoms with Gasteiger partial charge in [-0.2, -0.15) is 5.10 Å². The van der Waals surface area contributed by atoms with Crippen molar-refractivity contribution in [2.75, 3.05) is 5.43 Å². The average molecular weight is 393 g/mol. The molecule has 0 spiro atoms. The summed E-state index contributed by atoms with van der Waals surface area (Å²) in [5.41, 5.74) is 4.54. The van der Waals surface area contributed by atoms with Crippen molar-refractivity contribution in [3.63, 3.8) is 0 Å². The Morgan fingerprint density at radius 3 is 2.83 bits per heavy atom. The molecule has 1 heterocycles. The smallest absolute Gasteiger partial charge is 0.203 e. The summed E-state index contributed by atoms with van der Waals surface area (Å²) in [5.74, 6) is -0.317. The SMILES string of the molecule is Cc1csc(NN=Cc2cc(Br)c(F)cc2Br)n1. The van der Waals surface area contributed by atoms with E-state index in [2.05, 4.69) is 47.4 Å². The third-order valence-corrected chi connectivity index (χ3v) is 4.18. The maximum absolute atomic E-state index is 13.2. The van der Waals surface area contributed by atoms with Gasteiger partial charge in [0.25, 0.3) is 0 Å². The normalized spacial score (nSPS) is 11.1. The third kappa shape index (κ3) is 3.37. The topological polar surface area (TPSA) is 37.3 Å². The molecule has 0 amide bonds. The van der Waals surface area contributed by atoms with Crippen molar-refractivity contribution in [2.24, 2.45) is 5.10 Å². The lowest BCUT2D eigenvalue weighted by Gasteiger charge is -2.00. The van der Waals surface area contributed by atoms with Gasteiger partial charge in [0.15, 0.2) is 0 Å². The second kappa shape index (κ2) is 5.90. The van der Waals surface area contributed by atoms with Gasteiger partial charge in [0.05, 0.1) is 16.4 Å². The predicted molar refractivity (Wildman–Crippen MR) is 79.9 cm³/mol. The van der Waals surface area contributed by atoms with Gasteiger partial charge in [-0.1, -0.05) is 15.9 Å². The number of hydrogen-bond donors (Lipinski definition) is 1. The number of thiazole rings is 1. The van der Waals surface area contributed by atoms with Crippen LogP contribution in [0.3, 0.4) is 0 Å². The first-order valence-corrected chi connectivity index (χ1v) is 7.38. The fourth-order valence-electron chi connectivity index (χ4n) is 1.20. The molecule has 0 aliphatic rings. The van der Waals surface area contributed by atoms with E-state index in [4.69, 9.17) is 0 Å². The number of nitrogens with one attached hydrogen (secondary N) is 1. The Bertz CT molecular complexity index is 598. The van der Waals surface area contributed by atoms with Gasteiger partial charge in [0.1, 0.15) is 5.82 Å². The molecule has 7 heteroatoms. The van der Waals surface area contributed by atoms with Crippen LogP contribution in [0, 0.1) is 12.7 Å². The minimum atomic E-state index is -0.317. The molecule has 0 radical (unpaired) electrons. The molecule has 1 N–H and O–H groups in total. The molecule has 0 saturated carbocycles. The van der Waals surface area contributed by atoms with Gasteiger partial charge < -0.3 is 0 Å². The lowest BCUT2D eigenvalue weighted by Crippen LogP contribution is -1.92. The summed E-state index contributed by atoms with van der Waals surface area (Å²) < 4.78 is 14.2. The van der Waals surface area contributed by atoms with Crippen molar-refractivity contribution in [3.05, 3.63) is 43.5 Å². The van der Waals surface area contributed by atoms with Gasteiger partial charge in [-0.25, -0.2) is 9.37 Å². The lowest BCUT2D eigenvalue weighted by molar-refractivity contribution is 0.620. The largest absolute Gasteiger partial charge is 0.253 e. The molecule has 2 aromatic rings. The molecule has 3 nitrogen and oxygen atoms in total. The van der Waals surface area contributed by atoms with Crippen molar-refractivity contribution in [1.29, 1.82) is 0 Å². The second-order valence-electron chi connectivity index (χ2n) is 3.45. The van der Waals surface area contributed by atoms with E-state index in [0.29, 0.717) is 8.95 Å². The van der Waals surface area contributed by atoms with E-state index in [1.807, 2.05) is 12.3 Å². The summed E-state index contributed by atoms with van der Waals surface area (Å²) in [5, 5.41) is 6.71. The zero-order valence-corrected chi connectivity index (χ0v) is 13.2. The third-order valence-electron chi connectivity index (χ3n) is 2.02. The van der Waals surface area contributed by atoms with Gasteiger partial charge in [0.2, 0.25) is 5.13 Å². The van der Waals surface area contributed by atoms with Crippen LogP contribution in [0.15, 0.2) is 31.6 Å². The Morgan fingerprint density at radius 2 is 2.17 bits per heavy atom. The van der Waals surface area contributed by atoms with Crippen molar-refractivity contribution >= 4 is 54.5 Å². The second-order valence-corrected chi connectivity index (χ2v) is 6.02. The zero-order valence-electron chi connectivity index (χ0n) is 9.25. The van der Waals surface area contributed by atoms with E-state index >= 15 is 0 Å². The maximum atomic E-state index is 13.2. The number of hydrazone groups is 1. The van der Waals surface area contributed by atoms with E-state index in [1.54, 1.807) is 12.3 Å². The van der Waals surface area contributed by atoms with Crippen LogP contribution >= 0.6 is 43.2 Å². The lowest BCUT2D eigenvalue weighted by atomic mass is 10.2. The summed E-state index contributed by atoms with van der Waals surface area (Å²) in [6.45, 7) is 1.92. The molecule has 18 heavy (non-hydrogen) atoms. The molecular weight excluding hydrogens is 385 g/mol. The van der Waals surface area contributed by atoms with Gasteiger partial charge in [-0.05, 0) is 35.0 Å². The number of halogens is 3. The molecule has 0 unspecified atom stereocenters. The fourth-order valence-corrected chi connectivity index (χ4v) is 2.62. The molecule has 0 atom stereocenters. The highest BCUT2D eigenvalue weighted by Gasteiger charge is 2.04. The molecule has 0 aliphatic carbocycles. The van der Waals surface area contributed by atoms with E-state index in [9.17, 15) is 4.39 Å². The van der Waals surface area contributed by atoms with Crippen LogP contribution in [0.4, 0.5) is 9.52 Å². The number of hydrogen-bond acceptors (Lipinski definition) is 4. The van der Waals surface area contributed by atoms with Crippen molar-refractivity contribution in [3.8, 4) is 0 Å². The Hall–Kier alpha value is -0.790. The number of nitrogens with zero attached hydrogens (tertiary/aromatic N) is 2. The van der Waals surface area contributed by atoms with Crippen LogP contribution in [0.2, 0.25) is 0 Å². The fraction of sp³-hybridized carbons (Fsp3) is 0.0909. The molecule has 0 fully saturated rings. The number of anilines is 1. The molecule has 0 aliphatic heterocycles. The minimum absolute atomic E-state index is 0.317. The molecule has 0 saturated heterocycles. The first-order valence-electron chi connectivity index (χ1n) is 4.92. The van der Waals surface area contributed by atoms with E-state index in [0.717, 1.165) is 16.4 Å². The van der Waals surface area contributed by atoms with E-state index < -0.39 is 0 Å². The summed E-state index contributed by atoms with van der Waals surface area (Å²) >= 11 is 7.89. The number of aryl methyl sites for hydroxylation is 1. The molecule has 1 aromatic carbocycles. The number of benzene rings is 1. The molecule has 0 bridgehead atoms. The molecule has 94 valence electrons. The predicted octanol–water partition coefficient (Wildman–Crippen LogP) is 4.56. The van der Waals surface area contributed by atoms with Gasteiger partial charge >= 0.3 is 0 Å². The summed E-state index contributed by atoms with van der Waals surface area (Å²) in [7, 11) is 0. The van der Waals surface area contributed by atoms with E-state index in [1.165, 1.54) is 17.4 Å². The van der Waals surface area contributed by atoms with Gasteiger partial charge in [-0.3, -0.25) is 5.43 Å². The Morgan fingerprint density at radius 1 is 1.39 bits per heavy atom. The first kappa shape index (κ1) is 13.6. The van der Waals surface area contributed by atoms with Gasteiger partial charge in [0, 0.05) is 15.4 Å². The van der Waals surface area contributed by atoms with E-state index in [-0.39, 0.29) is 5.82 Å². The number of aromatic nitrogens is 1. The summed E-state index contributed by atoms with van der Waals surface area (Å²) in [4.78, 5) is 4.21. The minimum Gasteiger partial charge on any atom is -0.253 e. The Balaban J connectivity index is 2.11. The van der Waals surface area contributed by atoms with Crippen molar-refractivity contribution < 1.29 is 4.39 Å². The van der Waals surface area contributed by atoms with Crippen LogP contribution in [0.25, 0.3) is 0 Å². The van der Waals surface area contributed by atoms with Crippen LogP contribution in [-0.4, -0.2) is 11.2 Å². The zero-order chi connectivity index (χ0) is 13.1. The number of rotatable bonds is 3. The summed E-state index contributed by atoms with van der Waals surface area (Å²) in [6, 6.07) is 3.04. The monoisotopic (exact) mass is 391 g/mol. The highest BCUT2D eigenvalue weighted by atomic mass is 79.9. The van der Waals surface area contributed by atoms with Gasteiger partial charge in [-0.15, -0.1) is 11.3 Å². The standard InChI is InChI=1S/C11H8Br2FN3S/c1-6-5-18-11(16-6)17-15-4-7-2-9(13)10(14)3-8(7)12/h2-5H,1H3,(H,16,17). The maximum Gasteiger partial charge on any atom is 0.203 e. The van der Waals surface area contributed by atoms with Crippen LogP contribution in [0.5, 0.6) is 0 Å². The van der Waals surface area contributed by atoms with Crippen LogP contribution in [0.1, 0.15) is 11.3 Å². The highest BCUT2D eigenvalue weighted by molar-refractivity contribution is 9.11. The van der Waals surface area contributed by atoms with Crippen molar-refractivity contribution in [1.82, 2.24) is 4.98 Å². The Kier molecular flexibility index (Phi) is 4.47. The van der Waals surface area contributed by atoms with Crippen LogP contribution < -0.4 is 5.43 Å². The first-order chi connectivity index (χ1) is 8.56. The quantitative estimate of drug-likeness (QED) is 0.472. The molecular formula is C11H8Br2FN3S. The summed E-state index contributed by atoms with van der Waals surface area (Å²) in [6.07, 6.45) is 1.60. The average Bonchev–Trinajstić information content (AvgIpc) is 2.71. The molecule has 1 aromatic heterocycles. The highest BCUT2D eigenvalue weighted by Crippen LogP contribution is 2.23. The van der Waals surface area contributed by atoms with Crippen molar-refractivity contribution in [2.45, 2.75) is 6.92 Å².